The molecule has 0 spiro atoms. The van der Waals surface area contributed by atoms with Gasteiger partial charge in [-0.15, -0.1) is 0 Å². The van der Waals surface area contributed by atoms with Crippen molar-refractivity contribution in [2.75, 3.05) is 10.2 Å². The van der Waals surface area contributed by atoms with Crippen molar-refractivity contribution in [3.8, 4) is 11.1 Å². The van der Waals surface area contributed by atoms with Crippen molar-refractivity contribution in [3.63, 3.8) is 0 Å². The predicted octanol–water partition coefficient (Wildman–Crippen LogP) is 5.68. The molecular formula is C25H21Cl2N3O3. The average Bonchev–Trinajstić information content (AvgIpc) is 2.95. The molecular weight excluding hydrogens is 461 g/mol. The average molecular weight is 482 g/mol. The Morgan fingerprint density at radius 3 is 2.27 bits per heavy atom. The number of carbonyl (C=O) groups is 3. The van der Waals surface area contributed by atoms with Crippen LogP contribution in [0.2, 0.25) is 10.0 Å². The number of nitrogens with one attached hydrogen (secondary N) is 2. The summed E-state index contributed by atoms with van der Waals surface area (Å²) in [6, 6.07) is 19.4. The zero-order valence-corrected chi connectivity index (χ0v) is 19.5. The van der Waals surface area contributed by atoms with Crippen LogP contribution in [0.5, 0.6) is 0 Å². The quantitative estimate of drug-likeness (QED) is 0.460. The molecule has 1 fully saturated rings. The van der Waals surface area contributed by atoms with Gasteiger partial charge in [-0.2, -0.15) is 0 Å². The molecule has 3 aromatic carbocycles. The van der Waals surface area contributed by atoms with E-state index in [0.717, 1.165) is 27.3 Å². The molecule has 4 amide bonds. The van der Waals surface area contributed by atoms with Crippen LogP contribution in [0.15, 0.2) is 66.7 Å². The Balaban J connectivity index is 1.54. The molecule has 4 rings (SSSR count). The lowest BCUT2D eigenvalue weighted by molar-refractivity contribution is -0.121. The second-order valence-corrected chi connectivity index (χ2v) is 9.04. The third kappa shape index (κ3) is 4.87. The van der Waals surface area contributed by atoms with Crippen LogP contribution in [0.25, 0.3) is 11.1 Å². The van der Waals surface area contributed by atoms with Crippen LogP contribution in [-0.4, -0.2) is 23.4 Å². The standard InChI is InChI=1S/C25H21Cl2N3O3/c1-15(31)28-21-5-3-4-18(10-21)17-8-6-16(7-9-17)14-25(2)23(32)30(24(33)29-25)22-12-19(26)11-20(27)13-22/h3-13H,14H2,1-2H3,(H,28,31)(H,29,33). The molecule has 0 radical (unpaired) electrons. The summed E-state index contributed by atoms with van der Waals surface area (Å²) in [7, 11) is 0. The topological polar surface area (TPSA) is 78.5 Å². The molecule has 8 heteroatoms. The lowest BCUT2D eigenvalue weighted by atomic mass is 9.91. The number of imide groups is 1. The van der Waals surface area contributed by atoms with Crippen molar-refractivity contribution in [1.82, 2.24) is 5.32 Å². The molecule has 1 heterocycles. The first-order valence-corrected chi connectivity index (χ1v) is 11.0. The highest BCUT2D eigenvalue weighted by Gasteiger charge is 2.48. The molecule has 1 aliphatic heterocycles. The number of anilines is 2. The maximum atomic E-state index is 13.2. The van der Waals surface area contributed by atoms with Crippen LogP contribution in [0.4, 0.5) is 16.2 Å². The first-order valence-electron chi connectivity index (χ1n) is 10.2. The number of carbonyl (C=O) groups excluding carboxylic acids is 3. The Morgan fingerprint density at radius 2 is 1.64 bits per heavy atom. The van der Waals surface area contributed by atoms with Gasteiger partial charge in [0.1, 0.15) is 5.54 Å². The van der Waals surface area contributed by atoms with Crippen molar-refractivity contribution in [2.45, 2.75) is 25.8 Å². The molecule has 6 nitrogen and oxygen atoms in total. The summed E-state index contributed by atoms with van der Waals surface area (Å²) in [5, 5.41) is 6.25. The van der Waals surface area contributed by atoms with E-state index in [1.807, 2.05) is 48.5 Å². The third-order valence-corrected chi connectivity index (χ3v) is 5.83. The maximum Gasteiger partial charge on any atom is 0.329 e. The summed E-state index contributed by atoms with van der Waals surface area (Å²) in [6.07, 6.45) is 0.314. The van der Waals surface area contributed by atoms with E-state index in [1.54, 1.807) is 6.92 Å². The third-order valence-electron chi connectivity index (χ3n) is 5.39. The zero-order chi connectivity index (χ0) is 23.8. The number of rotatable bonds is 5. The molecule has 1 unspecified atom stereocenters. The summed E-state index contributed by atoms with van der Waals surface area (Å²) < 4.78 is 0. The van der Waals surface area contributed by atoms with Gasteiger partial charge in [0, 0.05) is 29.1 Å². The molecule has 168 valence electrons. The van der Waals surface area contributed by atoms with E-state index in [2.05, 4.69) is 10.6 Å². The molecule has 0 aliphatic carbocycles. The summed E-state index contributed by atoms with van der Waals surface area (Å²) in [4.78, 5) is 38.2. The molecule has 1 aliphatic rings. The fourth-order valence-corrected chi connectivity index (χ4v) is 4.42. The zero-order valence-electron chi connectivity index (χ0n) is 18.0. The van der Waals surface area contributed by atoms with E-state index in [9.17, 15) is 14.4 Å². The highest BCUT2D eigenvalue weighted by Crippen LogP contribution is 2.32. The minimum atomic E-state index is -1.11. The van der Waals surface area contributed by atoms with Crippen LogP contribution in [0.3, 0.4) is 0 Å². The van der Waals surface area contributed by atoms with E-state index < -0.39 is 11.6 Å². The summed E-state index contributed by atoms with van der Waals surface area (Å²) in [5.41, 5.74) is 2.74. The minimum absolute atomic E-state index is 0.131. The number of nitrogens with zero attached hydrogens (tertiary/aromatic N) is 1. The van der Waals surface area contributed by atoms with Crippen molar-refractivity contribution < 1.29 is 14.4 Å². The highest BCUT2D eigenvalue weighted by molar-refractivity contribution is 6.35. The molecule has 0 saturated carbocycles. The molecule has 0 bridgehead atoms. The predicted molar refractivity (Wildman–Crippen MR) is 131 cm³/mol. The van der Waals surface area contributed by atoms with Crippen molar-refractivity contribution >= 4 is 52.4 Å². The van der Waals surface area contributed by atoms with Crippen LogP contribution in [-0.2, 0) is 16.0 Å². The Hall–Kier alpha value is -3.35. The Labute approximate surface area is 201 Å². The molecule has 33 heavy (non-hydrogen) atoms. The Morgan fingerprint density at radius 1 is 0.970 bits per heavy atom. The van der Waals surface area contributed by atoms with Gasteiger partial charge in [0.25, 0.3) is 5.91 Å². The first-order chi connectivity index (χ1) is 15.6. The van der Waals surface area contributed by atoms with Gasteiger partial charge in [-0.3, -0.25) is 9.59 Å². The summed E-state index contributed by atoms with van der Waals surface area (Å²) >= 11 is 12.1. The summed E-state index contributed by atoms with van der Waals surface area (Å²) in [6.45, 7) is 3.16. The van der Waals surface area contributed by atoms with Crippen LogP contribution in [0.1, 0.15) is 19.4 Å². The first kappa shape index (κ1) is 22.8. The van der Waals surface area contributed by atoms with Gasteiger partial charge < -0.3 is 10.6 Å². The van der Waals surface area contributed by atoms with Gasteiger partial charge in [0.15, 0.2) is 0 Å². The molecule has 1 saturated heterocycles. The van der Waals surface area contributed by atoms with Gasteiger partial charge in [0.2, 0.25) is 5.91 Å². The largest absolute Gasteiger partial charge is 0.329 e. The van der Waals surface area contributed by atoms with E-state index in [4.69, 9.17) is 23.2 Å². The van der Waals surface area contributed by atoms with Crippen LogP contribution < -0.4 is 15.5 Å². The Bertz CT molecular complexity index is 1240. The summed E-state index contributed by atoms with van der Waals surface area (Å²) in [5.74, 6) is -0.508. The monoisotopic (exact) mass is 481 g/mol. The highest BCUT2D eigenvalue weighted by atomic mass is 35.5. The van der Waals surface area contributed by atoms with E-state index >= 15 is 0 Å². The minimum Gasteiger partial charge on any atom is -0.326 e. The van der Waals surface area contributed by atoms with Crippen molar-refractivity contribution in [1.29, 1.82) is 0 Å². The normalized spacial score (nSPS) is 17.8. The number of hydrogen-bond acceptors (Lipinski definition) is 3. The van der Waals surface area contributed by atoms with Gasteiger partial charge in [0.05, 0.1) is 5.69 Å². The van der Waals surface area contributed by atoms with Crippen LogP contribution >= 0.6 is 23.2 Å². The van der Waals surface area contributed by atoms with E-state index in [-0.39, 0.29) is 11.8 Å². The second-order valence-electron chi connectivity index (χ2n) is 8.17. The fourth-order valence-electron chi connectivity index (χ4n) is 3.91. The number of hydrogen-bond donors (Lipinski definition) is 2. The smallest absolute Gasteiger partial charge is 0.326 e. The Kier molecular flexibility index (Phi) is 6.15. The van der Waals surface area contributed by atoms with Gasteiger partial charge in [-0.1, -0.05) is 59.6 Å². The van der Waals surface area contributed by atoms with Gasteiger partial charge in [-0.25, -0.2) is 9.69 Å². The number of urea groups is 1. The number of halogens is 2. The lowest BCUT2D eigenvalue weighted by Crippen LogP contribution is -2.46. The maximum absolute atomic E-state index is 13.2. The fraction of sp³-hybridized carbons (Fsp3) is 0.160. The number of amides is 4. The SMILES string of the molecule is CC(=O)Nc1cccc(-c2ccc(CC3(C)NC(=O)N(c4cc(Cl)cc(Cl)c4)C3=O)cc2)c1. The van der Waals surface area contributed by atoms with E-state index in [1.165, 1.54) is 25.1 Å². The second kappa shape index (κ2) is 8.89. The molecule has 2 N–H and O–H groups in total. The van der Waals surface area contributed by atoms with Crippen molar-refractivity contribution in [3.05, 3.63) is 82.3 Å². The van der Waals surface area contributed by atoms with Crippen molar-refractivity contribution in [2.24, 2.45) is 0 Å². The lowest BCUT2D eigenvalue weighted by Gasteiger charge is -2.22. The van der Waals surface area contributed by atoms with Gasteiger partial charge >= 0.3 is 6.03 Å². The molecule has 1 atom stereocenters. The van der Waals surface area contributed by atoms with Crippen LogP contribution in [0, 0.1) is 0 Å². The van der Waals surface area contributed by atoms with Gasteiger partial charge in [-0.05, 0) is 53.9 Å². The molecule has 3 aromatic rings. The molecule has 0 aromatic heterocycles. The number of benzene rings is 3. The van der Waals surface area contributed by atoms with E-state index in [0.29, 0.717) is 22.2 Å².